The lowest BCUT2D eigenvalue weighted by atomic mass is 10.0. The molecule has 0 aliphatic carbocycles. The SMILES string of the molecule is C[C@H](Cc1ccc(-c2ccc([N+](=O)[O-])cc2)cc1)N(C)C. The second kappa shape index (κ2) is 6.50. The molecule has 2 aromatic rings. The number of nitro groups is 1. The molecule has 0 aliphatic heterocycles. The van der Waals surface area contributed by atoms with Crippen LogP contribution >= 0.6 is 0 Å². The molecule has 0 heterocycles. The Labute approximate surface area is 125 Å². The van der Waals surface area contributed by atoms with Gasteiger partial charge in [-0.15, -0.1) is 0 Å². The summed E-state index contributed by atoms with van der Waals surface area (Å²) in [6.07, 6.45) is 1.01. The minimum absolute atomic E-state index is 0.121. The maximum atomic E-state index is 10.7. The molecule has 2 rings (SSSR count). The monoisotopic (exact) mass is 284 g/mol. The average molecular weight is 284 g/mol. The summed E-state index contributed by atoms with van der Waals surface area (Å²) >= 11 is 0. The Morgan fingerprint density at radius 1 is 1.00 bits per heavy atom. The third-order valence-electron chi connectivity index (χ3n) is 3.78. The molecule has 0 radical (unpaired) electrons. The van der Waals surface area contributed by atoms with E-state index in [2.05, 4.69) is 50.2 Å². The van der Waals surface area contributed by atoms with Crippen LogP contribution in [0.1, 0.15) is 12.5 Å². The summed E-state index contributed by atoms with van der Waals surface area (Å²) in [4.78, 5) is 12.5. The molecule has 0 saturated heterocycles. The van der Waals surface area contributed by atoms with Crippen LogP contribution in [0.5, 0.6) is 0 Å². The fourth-order valence-corrected chi connectivity index (χ4v) is 2.13. The number of hydrogen-bond acceptors (Lipinski definition) is 3. The van der Waals surface area contributed by atoms with E-state index in [1.54, 1.807) is 12.1 Å². The lowest BCUT2D eigenvalue weighted by Crippen LogP contribution is -2.26. The van der Waals surface area contributed by atoms with E-state index in [-0.39, 0.29) is 10.6 Å². The van der Waals surface area contributed by atoms with Crippen molar-refractivity contribution in [1.29, 1.82) is 0 Å². The van der Waals surface area contributed by atoms with Crippen molar-refractivity contribution in [2.24, 2.45) is 0 Å². The van der Waals surface area contributed by atoms with Gasteiger partial charge in [-0.05, 0) is 56.3 Å². The summed E-state index contributed by atoms with van der Waals surface area (Å²) in [5.74, 6) is 0. The largest absolute Gasteiger partial charge is 0.306 e. The number of nitro benzene ring substituents is 1. The smallest absolute Gasteiger partial charge is 0.269 e. The Kier molecular flexibility index (Phi) is 4.70. The van der Waals surface area contributed by atoms with Gasteiger partial charge in [0, 0.05) is 18.2 Å². The topological polar surface area (TPSA) is 46.4 Å². The summed E-state index contributed by atoms with van der Waals surface area (Å²) < 4.78 is 0. The highest BCUT2D eigenvalue weighted by Gasteiger charge is 2.07. The first-order valence-corrected chi connectivity index (χ1v) is 6.97. The van der Waals surface area contributed by atoms with Crippen LogP contribution < -0.4 is 0 Å². The number of likely N-dealkylation sites (N-methyl/N-ethyl adjacent to an activating group) is 1. The van der Waals surface area contributed by atoms with E-state index >= 15 is 0 Å². The zero-order valence-corrected chi connectivity index (χ0v) is 12.6. The molecule has 4 heteroatoms. The Balaban J connectivity index is 2.13. The predicted octanol–water partition coefficient (Wildman–Crippen LogP) is 3.75. The van der Waals surface area contributed by atoms with Crippen molar-refractivity contribution >= 4 is 5.69 Å². The van der Waals surface area contributed by atoms with Gasteiger partial charge >= 0.3 is 0 Å². The first-order valence-electron chi connectivity index (χ1n) is 6.97. The molecule has 0 bridgehead atoms. The van der Waals surface area contributed by atoms with Gasteiger partial charge in [-0.1, -0.05) is 24.3 Å². The highest BCUT2D eigenvalue weighted by atomic mass is 16.6. The van der Waals surface area contributed by atoms with E-state index in [0.29, 0.717) is 6.04 Å². The molecule has 0 fully saturated rings. The third kappa shape index (κ3) is 3.89. The van der Waals surface area contributed by atoms with Crippen LogP contribution in [0.15, 0.2) is 48.5 Å². The molecule has 2 aromatic carbocycles. The van der Waals surface area contributed by atoms with Crippen molar-refractivity contribution in [3.8, 4) is 11.1 Å². The Morgan fingerprint density at radius 2 is 1.48 bits per heavy atom. The zero-order chi connectivity index (χ0) is 15.4. The fourth-order valence-electron chi connectivity index (χ4n) is 2.13. The lowest BCUT2D eigenvalue weighted by molar-refractivity contribution is -0.384. The van der Waals surface area contributed by atoms with Gasteiger partial charge in [-0.3, -0.25) is 10.1 Å². The van der Waals surface area contributed by atoms with E-state index in [1.165, 1.54) is 17.7 Å². The quantitative estimate of drug-likeness (QED) is 0.620. The maximum Gasteiger partial charge on any atom is 0.269 e. The van der Waals surface area contributed by atoms with Gasteiger partial charge in [0.2, 0.25) is 0 Å². The normalized spacial score (nSPS) is 12.4. The first kappa shape index (κ1) is 15.2. The summed E-state index contributed by atoms with van der Waals surface area (Å²) in [6, 6.07) is 15.5. The van der Waals surface area contributed by atoms with Crippen molar-refractivity contribution in [3.05, 3.63) is 64.2 Å². The molecule has 110 valence electrons. The summed E-state index contributed by atoms with van der Waals surface area (Å²) in [5, 5.41) is 10.7. The molecule has 4 nitrogen and oxygen atoms in total. The van der Waals surface area contributed by atoms with Crippen LogP contribution in [0.4, 0.5) is 5.69 Å². The van der Waals surface area contributed by atoms with Crippen molar-refractivity contribution < 1.29 is 4.92 Å². The predicted molar refractivity (Wildman–Crippen MR) is 85.4 cm³/mol. The van der Waals surface area contributed by atoms with Crippen LogP contribution in [0.2, 0.25) is 0 Å². The van der Waals surface area contributed by atoms with E-state index in [1.807, 2.05) is 0 Å². The van der Waals surface area contributed by atoms with Crippen molar-refractivity contribution in [2.45, 2.75) is 19.4 Å². The minimum atomic E-state index is -0.379. The van der Waals surface area contributed by atoms with Crippen LogP contribution in [0.25, 0.3) is 11.1 Å². The van der Waals surface area contributed by atoms with E-state index in [9.17, 15) is 10.1 Å². The second-order valence-corrected chi connectivity index (χ2v) is 5.52. The van der Waals surface area contributed by atoms with E-state index in [0.717, 1.165) is 17.5 Å². The minimum Gasteiger partial charge on any atom is -0.306 e. The molecule has 21 heavy (non-hydrogen) atoms. The standard InChI is InChI=1S/C17H20N2O2/c1-13(18(2)3)12-14-4-6-15(7-5-14)16-8-10-17(11-9-16)19(20)21/h4-11,13H,12H2,1-3H3/t13-/m1/s1. The number of benzene rings is 2. The van der Waals surface area contributed by atoms with Crippen molar-refractivity contribution in [2.75, 3.05) is 14.1 Å². The highest BCUT2D eigenvalue weighted by Crippen LogP contribution is 2.23. The van der Waals surface area contributed by atoms with Gasteiger partial charge in [0.05, 0.1) is 4.92 Å². The fraction of sp³-hybridized carbons (Fsp3) is 0.294. The van der Waals surface area contributed by atoms with Crippen molar-refractivity contribution in [1.82, 2.24) is 4.90 Å². The molecule has 0 N–H and O–H groups in total. The van der Waals surface area contributed by atoms with Crippen LogP contribution in [0.3, 0.4) is 0 Å². The molecular formula is C17H20N2O2. The number of nitrogens with zero attached hydrogens (tertiary/aromatic N) is 2. The summed E-state index contributed by atoms with van der Waals surface area (Å²) in [5.41, 5.74) is 3.48. The van der Waals surface area contributed by atoms with Crippen LogP contribution in [-0.4, -0.2) is 30.0 Å². The summed E-state index contributed by atoms with van der Waals surface area (Å²) in [6.45, 7) is 2.20. The summed E-state index contributed by atoms with van der Waals surface area (Å²) in [7, 11) is 4.16. The van der Waals surface area contributed by atoms with Gasteiger partial charge in [0.25, 0.3) is 5.69 Å². The zero-order valence-electron chi connectivity index (χ0n) is 12.6. The van der Waals surface area contributed by atoms with Gasteiger partial charge < -0.3 is 4.90 Å². The molecule has 0 aromatic heterocycles. The maximum absolute atomic E-state index is 10.7. The molecule has 0 aliphatic rings. The second-order valence-electron chi connectivity index (χ2n) is 5.52. The Bertz CT molecular complexity index is 604. The average Bonchev–Trinajstić information content (AvgIpc) is 2.48. The Morgan fingerprint density at radius 3 is 1.90 bits per heavy atom. The van der Waals surface area contributed by atoms with Gasteiger partial charge in [0.15, 0.2) is 0 Å². The van der Waals surface area contributed by atoms with E-state index < -0.39 is 0 Å². The van der Waals surface area contributed by atoms with Crippen LogP contribution in [0, 0.1) is 10.1 Å². The van der Waals surface area contributed by atoms with Gasteiger partial charge in [0.1, 0.15) is 0 Å². The molecule has 0 spiro atoms. The lowest BCUT2D eigenvalue weighted by Gasteiger charge is -2.19. The van der Waals surface area contributed by atoms with Gasteiger partial charge in [-0.2, -0.15) is 0 Å². The molecule has 0 saturated carbocycles. The molecule has 0 amide bonds. The number of non-ortho nitro benzene ring substituents is 1. The molecule has 0 unspecified atom stereocenters. The first-order chi connectivity index (χ1) is 9.97. The number of rotatable bonds is 5. The molecule has 1 atom stereocenters. The Hall–Kier alpha value is -2.20. The third-order valence-corrected chi connectivity index (χ3v) is 3.78. The van der Waals surface area contributed by atoms with E-state index in [4.69, 9.17) is 0 Å². The highest BCUT2D eigenvalue weighted by molar-refractivity contribution is 5.65. The molecular weight excluding hydrogens is 264 g/mol. The van der Waals surface area contributed by atoms with Crippen LogP contribution in [-0.2, 0) is 6.42 Å². The number of hydrogen-bond donors (Lipinski definition) is 0. The van der Waals surface area contributed by atoms with Crippen molar-refractivity contribution in [3.63, 3.8) is 0 Å². The van der Waals surface area contributed by atoms with Gasteiger partial charge in [-0.25, -0.2) is 0 Å².